The highest BCUT2D eigenvalue weighted by Crippen LogP contribution is 2.35. The Morgan fingerprint density at radius 1 is 1.16 bits per heavy atom. The second-order valence-corrected chi connectivity index (χ2v) is 7.05. The highest BCUT2D eigenvalue weighted by atomic mass is 16.3. The molecule has 1 saturated heterocycles. The van der Waals surface area contributed by atoms with E-state index in [1.54, 1.807) is 0 Å². The minimum Gasteiger partial charge on any atom is -0.384 e. The number of piperidine rings is 1. The lowest BCUT2D eigenvalue weighted by atomic mass is 9.77. The van der Waals surface area contributed by atoms with Gasteiger partial charge in [-0.2, -0.15) is 0 Å². The van der Waals surface area contributed by atoms with Gasteiger partial charge < -0.3 is 10.4 Å². The van der Waals surface area contributed by atoms with Crippen LogP contribution in [0.25, 0.3) is 0 Å². The second-order valence-electron chi connectivity index (χ2n) is 7.05. The van der Waals surface area contributed by atoms with Crippen molar-refractivity contribution in [3.8, 4) is 0 Å². The monoisotopic (exact) mass is 261 g/mol. The number of hydrogen-bond acceptors (Lipinski definition) is 2. The van der Waals surface area contributed by atoms with Gasteiger partial charge in [-0.25, -0.2) is 0 Å². The molecule has 0 amide bonds. The van der Waals surface area contributed by atoms with Crippen LogP contribution in [0.15, 0.2) is 12.1 Å². The van der Waals surface area contributed by atoms with E-state index in [2.05, 4.69) is 52.1 Å². The van der Waals surface area contributed by atoms with Gasteiger partial charge in [0, 0.05) is 6.54 Å². The first-order chi connectivity index (χ1) is 8.74. The van der Waals surface area contributed by atoms with Crippen molar-refractivity contribution in [3.63, 3.8) is 0 Å². The smallest absolute Gasteiger partial charge is 0.103 e. The number of aliphatic hydroxyl groups is 1. The van der Waals surface area contributed by atoms with Gasteiger partial charge in [-0.05, 0) is 60.9 Å². The lowest BCUT2D eigenvalue weighted by molar-refractivity contribution is 0.0111. The van der Waals surface area contributed by atoms with Crippen LogP contribution in [0.5, 0.6) is 0 Å². The van der Waals surface area contributed by atoms with Gasteiger partial charge in [0.25, 0.3) is 0 Å². The van der Waals surface area contributed by atoms with E-state index in [0.717, 1.165) is 24.9 Å². The Kier molecular flexibility index (Phi) is 3.76. The predicted molar refractivity (Wildman–Crippen MR) is 80.6 cm³/mol. The van der Waals surface area contributed by atoms with Crippen molar-refractivity contribution in [3.05, 3.63) is 34.4 Å². The van der Waals surface area contributed by atoms with E-state index < -0.39 is 5.60 Å². The minimum absolute atomic E-state index is 0.154. The average molecular weight is 261 g/mol. The van der Waals surface area contributed by atoms with Crippen molar-refractivity contribution in [1.29, 1.82) is 0 Å². The topological polar surface area (TPSA) is 32.3 Å². The van der Waals surface area contributed by atoms with Crippen molar-refractivity contribution in [2.45, 2.75) is 58.5 Å². The summed E-state index contributed by atoms with van der Waals surface area (Å²) >= 11 is 0. The Bertz CT molecular complexity index is 442. The Hall–Kier alpha value is -0.860. The molecule has 106 valence electrons. The molecule has 1 unspecified atom stereocenters. The van der Waals surface area contributed by atoms with Crippen LogP contribution in [0, 0.1) is 13.8 Å². The highest BCUT2D eigenvalue weighted by molar-refractivity contribution is 5.44. The number of rotatable bonds is 1. The summed E-state index contributed by atoms with van der Waals surface area (Å²) in [6.07, 6.45) is 1.90. The molecule has 0 saturated carbocycles. The quantitative estimate of drug-likeness (QED) is 0.814. The average Bonchev–Trinajstić information content (AvgIpc) is 2.27. The first-order valence-electron chi connectivity index (χ1n) is 7.29. The van der Waals surface area contributed by atoms with Gasteiger partial charge >= 0.3 is 0 Å². The number of benzene rings is 1. The third-order valence-electron chi connectivity index (χ3n) is 4.23. The summed E-state index contributed by atoms with van der Waals surface area (Å²) in [6, 6.07) is 4.49. The summed E-state index contributed by atoms with van der Waals surface area (Å²) in [5.41, 5.74) is 4.38. The zero-order valence-electron chi connectivity index (χ0n) is 12.9. The Labute approximate surface area is 117 Å². The van der Waals surface area contributed by atoms with E-state index in [9.17, 15) is 5.11 Å². The molecule has 1 heterocycles. The summed E-state index contributed by atoms with van der Waals surface area (Å²) in [5, 5.41) is 14.3. The van der Waals surface area contributed by atoms with Crippen molar-refractivity contribution in [1.82, 2.24) is 5.32 Å². The molecule has 1 aromatic rings. The number of aryl methyl sites for hydroxylation is 2. The van der Waals surface area contributed by atoms with Gasteiger partial charge in [0.15, 0.2) is 0 Å². The fraction of sp³-hybridized carbons (Fsp3) is 0.647. The summed E-state index contributed by atoms with van der Waals surface area (Å²) in [6.45, 7) is 12.6. The molecule has 1 atom stereocenters. The van der Waals surface area contributed by atoms with Gasteiger partial charge in [0.1, 0.15) is 5.60 Å². The number of nitrogens with one attached hydrogen (secondary N) is 1. The molecule has 0 spiro atoms. The summed E-state index contributed by atoms with van der Waals surface area (Å²) in [7, 11) is 0. The van der Waals surface area contributed by atoms with E-state index in [-0.39, 0.29) is 5.41 Å². The van der Waals surface area contributed by atoms with Crippen molar-refractivity contribution in [2.75, 3.05) is 13.1 Å². The lowest BCUT2D eigenvalue weighted by Gasteiger charge is -2.36. The summed E-state index contributed by atoms with van der Waals surface area (Å²) in [5.74, 6) is 0. The standard InChI is InChI=1S/C17H27NO/c1-12-9-14(16(3,4)5)10-13(2)15(12)17(19)7-6-8-18-11-17/h9-10,18-19H,6-8,11H2,1-5H3. The van der Waals surface area contributed by atoms with Crippen LogP contribution in [0.4, 0.5) is 0 Å². The van der Waals surface area contributed by atoms with Crippen LogP contribution >= 0.6 is 0 Å². The van der Waals surface area contributed by atoms with Gasteiger partial charge in [0.05, 0.1) is 0 Å². The van der Waals surface area contributed by atoms with Crippen LogP contribution in [-0.4, -0.2) is 18.2 Å². The molecule has 2 N–H and O–H groups in total. The van der Waals surface area contributed by atoms with E-state index in [4.69, 9.17) is 0 Å². The van der Waals surface area contributed by atoms with Crippen LogP contribution in [-0.2, 0) is 11.0 Å². The fourth-order valence-corrected chi connectivity index (χ4v) is 3.23. The van der Waals surface area contributed by atoms with Crippen molar-refractivity contribution in [2.24, 2.45) is 0 Å². The highest BCUT2D eigenvalue weighted by Gasteiger charge is 2.34. The molecule has 19 heavy (non-hydrogen) atoms. The molecule has 1 aliphatic heterocycles. The van der Waals surface area contributed by atoms with Crippen LogP contribution in [0.3, 0.4) is 0 Å². The SMILES string of the molecule is Cc1cc(C(C)(C)C)cc(C)c1C1(O)CCCNC1. The van der Waals surface area contributed by atoms with Gasteiger partial charge in [-0.3, -0.25) is 0 Å². The zero-order chi connectivity index (χ0) is 14.3. The van der Waals surface area contributed by atoms with Gasteiger partial charge in [0.2, 0.25) is 0 Å². The molecule has 2 nitrogen and oxygen atoms in total. The largest absolute Gasteiger partial charge is 0.384 e. The first kappa shape index (κ1) is 14.5. The third kappa shape index (κ3) is 2.85. The number of β-amino-alcohol motifs (C(OH)–C–C–N with tert-alkyl or cyclic N) is 1. The molecule has 1 aromatic carbocycles. The maximum Gasteiger partial charge on any atom is 0.103 e. The molecule has 2 rings (SSSR count). The van der Waals surface area contributed by atoms with Crippen LogP contribution in [0.1, 0.15) is 55.9 Å². The summed E-state index contributed by atoms with van der Waals surface area (Å²) < 4.78 is 0. The van der Waals surface area contributed by atoms with Gasteiger partial charge in [-0.15, -0.1) is 0 Å². The van der Waals surface area contributed by atoms with E-state index in [0.29, 0.717) is 6.54 Å². The Morgan fingerprint density at radius 3 is 2.16 bits per heavy atom. The van der Waals surface area contributed by atoms with Crippen LogP contribution < -0.4 is 5.32 Å². The zero-order valence-corrected chi connectivity index (χ0v) is 12.9. The van der Waals surface area contributed by atoms with E-state index in [1.807, 2.05) is 0 Å². The fourth-order valence-electron chi connectivity index (χ4n) is 3.23. The molecule has 1 fully saturated rings. The maximum absolute atomic E-state index is 10.9. The lowest BCUT2D eigenvalue weighted by Crippen LogP contribution is -2.44. The number of hydrogen-bond donors (Lipinski definition) is 2. The van der Waals surface area contributed by atoms with E-state index in [1.165, 1.54) is 16.7 Å². The molecular weight excluding hydrogens is 234 g/mol. The van der Waals surface area contributed by atoms with Crippen LogP contribution in [0.2, 0.25) is 0 Å². The Morgan fingerprint density at radius 2 is 1.74 bits per heavy atom. The first-order valence-corrected chi connectivity index (χ1v) is 7.29. The normalized spacial score (nSPS) is 24.5. The second kappa shape index (κ2) is 4.92. The van der Waals surface area contributed by atoms with E-state index >= 15 is 0 Å². The van der Waals surface area contributed by atoms with Crippen molar-refractivity contribution >= 4 is 0 Å². The van der Waals surface area contributed by atoms with Gasteiger partial charge in [-0.1, -0.05) is 32.9 Å². The Balaban J connectivity index is 2.47. The van der Waals surface area contributed by atoms with Crippen molar-refractivity contribution < 1.29 is 5.11 Å². The molecule has 0 radical (unpaired) electrons. The summed E-state index contributed by atoms with van der Waals surface area (Å²) in [4.78, 5) is 0. The predicted octanol–water partition coefficient (Wildman–Crippen LogP) is 3.17. The third-order valence-corrected chi connectivity index (χ3v) is 4.23. The molecule has 0 aromatic heterocycles. The molecule has 0 aliphatic carbocycles. The minimum atomic E-state index is -0.692. The molecular formula is C17H27NO. The molecule has 1 aliphatic rings. The molecule has 2 heteroatoms. The molecule has 0 bridgehead atoms. The maximum atomic E-state index is 10.9.